The normalized spacial score (nSPS) is 17.1. The zero-order chi connectivity index (χ0) is 25.7. The van der Waals surface area contributed by atoms with Crippen LogP contribution in [0.15, 0.2) is 60.9 Å². The van der Waals surface area contributed by atoms with E-state index in [4.69, 9.17) is 0 Å². The maximum Gasteiger partial charge on any atom is 0.276 e. The molecule has 4 heterocycles. The van der Waals surface area contributed by atoms with Gasteiger partial charge in [0.2, 0.25) is 0 Å². The van der Waals surface area contributed by atoms with E-state index < -0.39 is 0 Å². The van der Waals surface area contributed by atoms with Gasteiger partial charge in [-0.1, -0.05) is 31.0 Å². The Kier molecular flexibility index (Phi) is 7.47. The zero-order valence-electron chi connectivity index (χ0n) is 22.0. The average molecular weight is 509 g/mol. The summed E-state index contributed by atoms with van der Waals surface area (Å²) in [5.41, 5.74) is 6.60. The van der Waals surface area contributed by atoms with Gasteiger partial charge in [0.25, 0.3) is 5.91 Å². The van der Waals surface area contributed by atoms with E-state index in [0.29, 0.717) is 5.69 Å². The maximum absolute atomic E-state index is 13.2. The number of rotatable bonds is 7. The summed E-state index contributed by atoms with van der Waals surface area (Å²) in [7, 11) is 0. The molecule has 2 aliphatic rings. The Labute approximate surface area is 224 Å². The van der Waals surface area contributed by atoms with E-state index >= 15 is 0 Å². The minimum Gasteiger partial charge on any atom is -0.321 e. The highest BCUT2D eigenvalue weighted by atomic mass is 16.1. The Morgan fingerprint density at radius 1 is 0.763 bits per heavy atom. The SMILES string of the molecule is O=C(Nc1ccc(CN2CCCCC2)cc1)c1n[nH]c2ccc(-c3cncc(CN4CCCCC4)c3)cc12. The number of H-pyrrole nitrogens is 1. The fraction of sp³-hybridized carbons (Fsp3) is 0.387. The number of carbonyl (C=O) groups excluding carboxylic acids is 1. The average Bonchev–Trinajstić information content (AvgIpc) is 3.39. The third-order valence-electron chi connectivity index (χ3n) is 7.83. The predicted molar refractivity (Wildman–Crippen MR) is 152 cm³/mol. The van der Waals surface area contributed by atoms with Gasteiger partial charge in [0.1, 0.15) is 0 Å². The second-order valence-electron chi connectivity index (χ2n) is 10.7. The van der Waals surface area contributed by atoms with E-state index in [0.717, 1.165) is 53.9 Å². The van der Waals surface area contributed by atoms with Gasteiger partial charge in [0.05, 0.1) is 5.52 Å². The number of aromatic amines is 1. The standard InChI is InChI=1S/C31H36N6O/c38-31(33-27-10-7-23(8-11-27)21-36-13-3-1-4-14-36)30-28-18-25(9-12-29(28)34-35-30)26-17-24(19-32-20-26)22-37-15-5-2-6-16-37/h7-12,17-20H,1-6,13-16,21-22H2,(H,33,38)(H,34,35). The third-order valence-corrected chi connectivity index (χ3v) is 7.83. The fourth-order valence-electron chi connectivity index (χ4n) is 5.73. The Morgan fingerprint density at radius 3 is 2.16 bits per heavy atom. The molecule has 2 aromatic heterocycles. The van der Waals surface area contributed by atoms with Crippen molar-refractivity contribution in [3.05, 3.63) is 77.7 Å². The van der Waals surface area contributed by atoms with Crippen molar-refractivity contribution in [2.24, 2.45) is 0 Å². The fourth-order valence-corrected chi connectivity index (χ4v) is 5.73. The number of nitrogens with one attached hydrogen (secondary N) is 2. The Hall–Kier alpha value is -3.55. The van der Waals surface area contributed by atoms with Crippen molar-refractivity contribution in [2.45, 2.75) is 51.6 Å². The van der Waals surface area contributed by atoms with Crippen LogP contribution < -0.4 is 5.32 Å². The summed E-state index contributed by atoms with van der Waals surface area (Å²) in [6.45, 7) is 6.56. The molecule has 2 fully saturated rings. The first-order valence-electron chi connectivity index (χ1n) is 14.0. The molecule has 2 aromatic carbocycles. The van der Waals surface area contributed by atoms with Crippen molar-refractivity contribution in [1.29, 1.82) is 0 Å². The van der Waals surface area contributed by atoms with E-state index in [1.165, 1.54) is 62.7 Å². The van der Waals surface area contributed by atoms with Gasteiger partial charge in [0, 0.05) is 42.1 Å². The number of amides is 1. The summed E-state index contributed by atoms with van der Waals surface area (Å²) in [5.74, 6) is -0.214. The summed E-state index contributed by atoms with van der Waals surface area (Å²) >= 11 is 0. The molecule has 0 radical (unpaired) electrons. The summed E-state index contributed by atoms with van der Waals surface area (Å²) in [5, 5.41) is 11.2. The number of pyridine rings is 1. The number of hydrogen-bond acceptors (Lipinski definition) is 5. The van der Waals surface area contributed by atoms with Gasteiger partial charge in [-0.25, -0.2) is 0 Å². The quantitative estimate of drug-likeness (QED) is 0.328. The lowest BCUT2D eigenvalue weighted by molar-refractivity contribution is 0.102. The molecule has 1 amide bonds. The van der Waals surface area contributed by atoms with Crippen LogP contribution in [0.25, 0.3) is 22.0 Å². The third kappa shape index (κ3) is 5.79. The molecule has 2 aliphatic heterocycles. The molecular weight excluding hydrogens is 472 g/mol. The first-order valence-corrected chi connectivity index (χ1v) is 14.0. The van der Waals surface area contributed by atoms with Crippen LogP contribution in [0.4, 0.5) is 5.69 Å². The molecule has 2 saturated heterocycles. The van der Waals surface area contributed by atoms with Crippen LogP contribution in [0.5, 0.6) is 0 Å². The van der Waals surface area contributed by atoms with Crippen molar-refractivity contribution >= 4 is 22.5 Å². The zero-order valence-corrected chi connectivity index (χ0v) is 22.0. The Bertz CT molecular complexity index is 1380. The van der Waals surface area contributed by atoms with Crippen LogP contribution in [0.2, 0.25) is 0 Å². The lowest BCUT2D eigenvalue weighted by atomic mass is 10.0. The van der Waals surface area contributed by atoms with Gasteiger partial charge in [-0.05, 0) is 98.9 Å². The monoisotopic (exact) mass is 508 g/mol. The summed E-state index contributed by atoms with van der Waals surface area (Å²) in [4.78, 5) is 22.7. The highest BCUT2D eigenvalue weighted by molar-refractivity contribution is 6.11. The molecule has 196 valence electrons. The molecule has 6 rings (SSSR count). The van der Waals surface area contributed by atoms with E-state index in [1.807, 2.05) is 36.7 Å². The molecular formula is C31H36N6O. The van der Waals surface area contributed by atoms with Gasteiger partial charge in [-0.15, -0.1) is 0 Å². The maximum atomic E-state index is 13.2. The number of nitrogens with zero attached hydrogens (tertiary/aromatic N) is 4. The molecule has 2 N–H and O–H groups in total. The summed E-state index contributed by atoms with van der Waals surface area (Å²) in [6, 6.07) is 16.5. The van der Waals surface area contributed by atoms with Crippen molar-refractivity contribution in [2.75, 3.05) is 31.5 Å². The first-order chi connectivity index (χ1) is 18.7. The van der Waals surface area contributed by atoms with Crippen LogP contribution in [-0.4, -0.2) is 57.1 Å². The molecule has 0 spiro atoms. The number of piperidine rings is 2. The van der Waals surface area contributed by atoms with Crippen LogP contribution in [0.3, 0.4) is 0 Å². The van der Waals surface area contributed by atoms with Crippen LogP contribution >= 0.6 is 0 Å². The highest BCUT2D eigenvalue weighted by Gasteiger charge is 2.17. The van der Waals surface area contributed by atoms with Gasteiger partial charge in [-0.2, -0.15) is 5.10 Å². The van der Waals surface area contributed by atoms with Crippen LogP contribution in [0, 0.1) is 0 Å². The number of aromatic nitrogens is 3. The molecule has 0 atom stereocenters. The number of likely N-dealkylation sites (tertiary alicyclic amines) is 2. The molecule has 0 bridgehead atoms. The van der Waals surface area contributed by atoms with E-state index in [2.05, 4.69) is 54.6 Å². The molecule has 38 heavy (non-hydrogen) atoms. The topological polar surface area (TPSA) is 77.1 Å². The minimum atomic E-state index is -0.214. The molecule has 0 unspecified atom stereocenters. The largest absolute Gasteiger partial charge is 0.321 e. The molecule has 0 saturated carbocycles. The number of anilines is 1. The Morgan fingerprint density at radius 2 is 1.45 bits per heavy atom. The number of benzene rings is 2. The second kappa shape index (κ2) is 11.5. The predicted octanol–water partition coefficient (Wildman–Crippen LogP) is 5.85. The molecule has 0 aliphatic carbocycles. The van der Waals surface area contributed by atoms with E-state index in [9.17, 15) is 4.79 Å². The van der Waals surface area contributed by atoms with E-state index in [-0.39, 0.29) is 5.91 Å². The van der Waals surface area contributed by atoms with Crippen LogP contribution in [0.1, 0.15) is 60.1 Å². The van der Waals surface area contributed by atoms with Crippen molar-refractivity contribution < 1.29 is 4.79 Å². The second-order valence-corrected chi connectivity index (χ2v) is 10.7. The van der Waals surface area contributed by atoms with Crippen molar-refractivity contribution in [3.63, 3.8) is 0 Å². The van der Waals surface area contributed by atoms with Gasteiger partial charge in [0.15, 0.2) is 5.69 Å². The first kappa shape index (κ1) is 24.8. The number of hydrogen-bond donors (Lipinski definition) is 2. The van der Waals surface area contributed by atoms with Crippen LogP contribution in [-0.2, 0) is 13.1 Å². The Balaban J connectivity index is 1.16. The number of fused-ring (bicyclic) bond motifs is 1. The molecule has 7 nitrogen and oxygen atoms in total. The van der Waals surface area contributed by atoms with Gasteiger partial charge in [-0.3, -0.25) is 24.7 Å². The molecule has 7 heteroatoms. The molecule has 4 aromatic rings. The summed E-state index contributed by atoms with van der Waals surface area (Å²) in [6.07, 6.45) is 11.7. The van der Waals surface area contributed by atoms with Gasteiger partial charge >= 0.3 is 0 Å². The van der Waals surface area contributed by atoms with Crippen molar-refractivity contribution in [3.8, 4) is 11.1 Å². The minimum absolute atomic E-state index is 0.214. The van der Waals surface area contributed by atoms with E-state index in [1.54, 1.807) is 0 Å². The lowest BCUT2D eigenvalue weighted by Crippen LogP contribution is -2.29. The van der Waals surface area contributed by atoms with Crippen molar-refractivity contribution in [1.82, 2.24) is 25.0 Å². The lowest BCUT2D eigenvalue weighted by Gasteiger charge is -2.26. The number of carbonyl (C=O) groups is 1. The van der Waals surface area contributed by atoms with Gasteiger partial charge < -0.3 is 5.32 Å². The summed E-state index contributed by atoms with van der Waals surface area (Å²) < 4.78 is 0. The smallest absolute Gasteiger partial charge is 0.276 e. The highest BCUT2D eigenvalue weighted by Crippen LogP contribution is 2.27.